The molecule has 0 saturated heterocycles. The molecule has 0 heterocycles. The maximum atomic E-state index is 9.75. The molecule has 2 nitrogen and oxygen atoms in total. The van der Waals surface area contributed by atoms with Crippen molar-refractivity contribution in [1.29, 1.82) is 0 Å². The largest absolute Gasteiger partial charge is 0.508 e. The van der Waals surface area contributed by atoms with Crippen molar-refractivity contribution in [2.45, 2.75) is 56.9 Å². The molecule has 2 heteroatoms. The van der Waals surface area contributed by atoms with E-state index >= 15 is 0 Å². The van der Waals surface area contributed by atoms with Gasteiger partial charge in [0.05, 0.1) is 0 Å². The van der Waals surface area contributed by atoms with Crippen molar-refractivity contribution in [3.63, 3.8) is 0 Å². The topological polar surface area (TPSA) is 32.3 Å². The quantitative estimate of drug-likeness (QED) is 0.855. The Balaban J connectivity index is 2.48. The van der Waals surface area contributed by atoms with Gasteiger partial charge in [-0.25, -0.2) is 0 Å². The highest BCUT2D eigenvalue weighted by Gasteiger charge is 2.48. The molecule has 1 aromatic rings. The van der Waals surface area contributed by atoms with Crippen LogP contribution in [0.15, 0.2) is 24.3 Å². The molecule has 2 rings (SSSR count). The van der Waals surface area contributed by atoms with Gasteiger partial charge in [0, 0.05) is 11.0 Å². The fourth-order valence-corrected chi connectivity index (χ4v) is 3.83. The van der Waals surface area contributed by atoms with Gasteiger partial charge in [-0.3, -0.25) is 0 Å². The molecule has 1 aliphatic rings. The Labute approximate surface area is 110 Å². The smallest absolute Gasteiger partial charge is 0.115 e. The molecule has 1 aromatic carbocycles. The zero-order valence-corrected chi connectivity index (χ0v) is 11.8. The molecule has 1 aliphatic carbocycles. The average molecular weight is 247 g/mol. The number of rotatable bonds is 3. The summed E-state index contributed by atoms with van der Waals surface area (Å²) in [6.45, 7) is 4.61. The number of phenolic OH excluding ortho intramolecular Hbond substituents is 1. The zero-order chi connectivity index (χ0) is 13.2. The van der Waals surface area contributed by atoms with Crippen LogP contribution < -0.4 is 5.32 Å². The summed E-state index contributed by atoms with van der Waals surface area (Å²) in [6.07, 6.45) is 6.09. The van der Waals surface area contributed by atoms with Crippen LogP contribution in [0.5, 0.6) is 5.75 Å². The van der Waals surface area contributed by atoms with Crippen molar-refractivity contribution in [3.8, 4) is 5.75 Å². The predicted molar refractivity (Wildman–Crippen MR) is 76.0 cm³/mol. The number of hydrogen-bond acceptors (Lipinski definition) is 2. The Morgan fingerprint density at radius 3 is 2.61 bits per heavy atom. The lowest BCUT2D eigenvalue weighted by Crippen LogP contribution is -2.59. The maximum Gasteiger partial charge on any atom is 0.115 e. The molecule has 0 aliphatic heterocycles. The molecule has 0 bridgehead atoms. The fourth-order valence-electron chi connectivity index (χ4n) is 3.83. The number of likely N-dealkylation sites (N-methyl/N-ethyl adjacent to an activating group) is 1. The van der Waals surface area contributed by atoms with Gasteiger partial charge in [0.2, 0.25) is 0 Å². The molecule has 18 heavy (non-hydrogen) atoms. The van der Waals surface area contributed by atoms with Gasteiger partial charge >= 0.3 is 0 Å². The Morgan fingerprint density at radius 2 is 2.00 bits per heavy atom. The van der Waals surface area contributed by atoms with E-state index < -0.39 is 0 Å². The number of benzene rings is 1. The predicted octanol–water partition coefficient (Wildman–Crippen LogP) is 3.59. The third kappa shape index (κ3) is 1.93. The minimum absolute atomic E-state index is 0.105. The Kier molecular flexibility index (Phi) is 3.67. The summed E-state index contributed by atoms with van der Waals surface area (Å²) in [7, 11) is 2.08. The molecule has 0 amide bonds. The van der Waals surface area contributed by atoms with Gasteiger partial charge in [-0.2, -0.15) is 0 Å². The van der Waals surface area contributed by atoms with Crippen LogP contribution in [0.1, 0.15) is 51.5 Å². The van der Waals surface area contributed by atoms with Gasteiger partial charge in [0.25, 0.3) is 0 Å². The first kappa shape index (κ1) is 13.4. The van der Waals surface area contributed by atoms with Gasteiger partial charge in [-0.05, 0) is 44.0 Å². The summed E-state index contributed by atoms with van der Waals surface area (Å²) < 4.78 is 0. The van der Waals surface area contributed by atoms with Crippen LogP contribution in [0.3, 0.4) is 0 Å². The van der Waals surface area contributed by atoms with E-state index in [4.69, 9.17) is 0 Å². The maximum absolute atomic E-state index is 9.75. The van der Waals surface area contributed by atoms with E-state index in [0.29, 0.717) is 5.75 Å². The lowest BCUT2D eigenvalue weighted by atomic mass is 9.58. The van der Waals surface area contributed by atoms with E-state index in [-0.39, 0.29) is 11.0 Å². The van der Waals surface area contributed by atoms with Crippen LogP contribution in [0, 0.1) is 0 Å². The monoisotopic (exact) mass is 247 g/mol. The van der Waals surface area contributed by atoms with Gasteiger partial charge in [-0.15, -0.1) is 0 Å². The third-order valence-corrected chi connectivity index (χ3v) is 5.15. The van der Waals surface area contributed by atoms with E-state index in [1.54, 1.807) is 6.07 Å². The fraction of sp³-hybridized carbons (Fsp3) is 0.625. The van der Waals surface area contributed by atoms with Crippen LogP contribution >= 0.6 is 0 Å². The van der Waals surface area contributed by atoms with Gasteiger partial charge in [0.1, 0.15) is 5.75 Å². The molecule has 2 atom stereocenters. The highest BCUT2D eigenvalue weighted by molar-refractivity contribution is 5.36. The summed E-state index contributed by atoms with van der Waals surface area (Å²) in [5.41, 5.74) is 1.52. The highest BCUT2D eigenvalue weighted by atomic mass is 16.3. The Bertz CT molecular complexity index is 411. The molecule has 0 spiro atoms. The molecule has 100 valence electrons. The number of aromatic hydroxyl groups is 1. The van der Waals surface area contributed by atoms with Crippen LogP contribution in [-0.4, -0.2) is 17.7 Å². The molecular weight excluding hydrogens is 222 g/mol. The summed E-state index contributed by atoms with van der Waals surface area (Å²) in [5, 5.41) is 13.3. The minimum atomic E-state index is 0.105. The number of nitrogens with one attached hydrogen (secondary N) is 1. The minimum Gasteiger partial charge on any atom is -0.508 e. The van der Waals surface area contributed by atoms with Crippen molar-refractivity contribution in [2.75, 3.05) is 7.05 Å². The summed E-state index contributed by atoms with van der Waals surface area (Å²) in [6, 6.07) is 7.81. The second kappa shape index (κ2) is 4.93. The average Bonchev–Trinajstić information content (AvgIpc) is 2.40. The molecule has 1 fully saturated rings. The second-order valence-corrected chi connectivity index (χ2v) is 5.78. The summed E-state index contributed by atoms with van der Waals surface area (Å²) in [4.78, 5) is 0. The van der Waals surface area contributed by atoms with Crippen LogP contribution in [0.25, 0.3) is 0 Å². The zero-order valence-electron chi connectivity index (χ0n) is 11.8. The van der Waals surface area contributed by atoms with Crippen molar-refractivity contribution in [3.05, 3.63) is 29.8 Å². The van der Waals surface area contributed by atoms with Crippen molar-refractivity contribution >= 4 is 0 Å². The number of hydrogen-bond donors (Lipinski definition) is 2. The molecular formula is C16H25NO. The van der Waals surface area contributed by atoms with E-state index in [9.17, 15) is 5.11 Å². The van der Waals surface area contributed by atoms with Crippen LogP contribution in [0.4, 0.5) is 0 Å². The lowest BCUT2D eigenvalue weighted by Gasteiger charge is -2.52. The molecule has 0 radical (unpaired) electrons. The van der Waals surface area contributed by atoms with E-state index in [1.807, 2.05) is 12.1 Å². The lowest BCUT2D eigenvalue weighted by molar-refractivity contribution is 0.118. The van der Waals surface area contributed by atoms with Gasteiger partial charge < -0.3 is 10.4 Å². The third-order valence-electron chi connectivity index (χ3n) is 5.15. The van der Waals surface area contributed by atoms with Crippen LogP contribution in [-0.2, 0) is 5.41 Å². The normalized spacial score (nSPS) is 32.4. The SMILES string of the molecule is CCC1(NC)CCCCC1(C)c1cccc(O)c1. The summed E-state index contributed by atoms with van der Waals surface area (Å²) in [5.74, 6) is 0.375. The van der Waals surface area contributed by atoms with E-state index in [2.05, 4.69) is 32.3 Å². The van der Waals surface area contributed by atoms with Crippen molar-refractivity contribution in [2.24, 2.45) is 0 Å². The summed E-state index contributed by atoms with van der Waals surface area (Å²) >= 11 is 0. The highest BCUT2D eigenvalue weighted by Crippen LogP contribution is 2.48. The van der Waals surface area contributed by atoms with Gasteiger partial charge in [-0.1, -0.05) is 38.8 Å². The molecule has 2 unspecified atom stereocenters. The Hall–Kier alpha value is -1.02. The molecule has 2 N–H and O–H groups in total. The van der Waals surface area contributed by atoms with E-state index in [1.165, 1.54) is 31.2 Å². The van der Waals surface area contributed by atoms with E-state index in [0.717, 1.165) is 6.42 Å². The molecule has 1 saturated carbocycles. The van der Waals surface area contributed by atoms with Crippen LogP contribution in [0.2, 0.25) is 0 Å². The number of phenols is 1. The standard InChI is InChI=1S/C16H25NO/c1-4-16(17-3)11-6-5-10-15(16,2)13-8-7-9-14(18)12-13/h7-9,12,17-18H,4-6,10-11H2,1-3H3. The first-order valence-electron chi connectivity index (χ1n) is 7.06. The second-order valence-electron chi connectivity index (χ2n) is 5.78. The first-order chi connectivity index (χ1) is 8.58. The molecule has 0 aromatic heterocycles. The first-order valence-corrected chi connectivity index (χ1v) is 7.06. The van der Waals surface area contributed by atoms with Gasteiger partial charge in [0.15, 0.2) is 0 Å². The Morgan fingerprint density at radius 1 is 1.28 bits per heavy atom. The van der Waals surface area contributed by atoms with Crippen molar-refractivity contribution < 1.29 is 5.11 Å². The van der Waals surface area contributed by atoms with Crippen molar-refractivity contribution in [1.82, 2.24) is 5.32 Å².